The molecule has 2 N–H and O–H groups in total. The van der Waals surface area contributed by atoms with Crippen molar-refractivity contribution in [2.45, 2.75) is 13.5 Å². The van der Waals surface area contributed by atoms with Gasteiger partial charge in [0.2, 0.25) is 0 Å². The van der Waals surface area contributed by atoms with Crippen LogP contribution >= 0.6 is 11.6 Å². The highest BCUT2D eigenvalue weighted by molar-refractivity contribution is 6.30. The molecule has 1 aliphatic rings. The van der Waals surface area contributed by atoms with E-state index in [-0.39, 0.29) is 5.91 Å². The smallest absolute Gasteiger partial charge is 0.295 e. The molecule has 1 heterocycles. The summed E-state index contributed by atoms with van der Waals surface area (Å²) in [6, 6.07) is 13.1. The van der Waals surface area contributed by atoms with Crippen LogP contribution in [0.3, 0.4) is 0 Å². The van der Waals surface area contributed by atoms with E-state index in [1.165, 1.54) is 4.90 Å². The lowest BCUT2D eigenvalue weighted by Crippen LogP contribution is -3.15. The highest BCUT2D eigenvalue weighted by Crippen LogP contribution is 2.29. The van der Waals surface area contributed by atoms with Crippen molar-refractivity contribution >= 4 is 23.7 Å². The number of nitrogens with zero attached hydrogens (tertiary/aromatic N) is 1. The molecule has 8 heteroatoms. The number of hydrogen-bond acceptors (Lipinski definition) is 5. The number of halogens is 1. The Morgan fingerprint density at radius 1 is 1.20 bits per heavy atom. The van der Waals surface area contributed by atoms with E-state index in [4.69, 9.17) is 25.8 Å². The van der Waals surface area contributed by atoms with E-state index < -0.39 is 0 Å². The van der Waals surface area contributed by atoms with Crippen LogP contribution in [0.25, 0.3) is 0 Å². The first-order valence-electron chi connectivity index (χ1n) is 10.0. The van der Waals surface area contributed by atoms with Gasteiger partial charge in [-0.05, 0) is 48.4 Å². The third kappa shape index (κ3) is 7.02. The summed E-state index contributed by atoms with van der Waals surface area (Å²) in [7, 11) is 0. The lowest BCUT2D eigenvalue weighted by atomic mass is 10.2. The largest absolute Gasteiger partial charge is 0.490 e. The molecule has 1 saturated heterocycles. The van der Waals surface area contributed by atoms with Crippen molar-refractivity contribution in [1.82, 2.24) is 5.43 Å². The van der Waals surface area contributed by atoms with E-state index in [9.17, 15) is 4.79 Å². The predicted molar refractivity (Wildman–Crippen MR) is 116 cm³/mol. The normalized spacial score (nSPS) is 14.6. The summed E-state index contributed by atoms with van der Waals surface area (Å²) in [4.78, 5) is 13.2. The average molecular weight is 433 g/mol. The van der Waals surface area contributed by atoms with E-state index in [1.54, 1.807) is 6.21 Å². The molecule has 2 aromatic rings. The second-order valence-electron chi connectivity index (χ2n) is 6.89. The zero-order chi connectivity index (χ0) is 21.2. The lowest BCUT2D eigenvalue weighted by molar-refractivity contribution is -0.900. The van der Waals surface area contributed by atoms with E-state index in [2.05, 4.69) is 10.5 Å². The van der Waals surface area contributed by atoms with Crippen LogP contribution in [0.1, 0.15) is 18.1 Å². The van der Waals surface area contributed by atoms with Crippen molar-refractivity contribution < 1.29 is 23.9 Å². The Balaban J connectivity index is 1.56. The maximum absolute atomic E-state index is 12.0. The number of benzene rings is 2. The first kappa shape index (κ1) is 22.1. The molecule has 2 aromatic carbocycles. The van der Waals surface area contributed by atoms with Gasteiger partial charge in [-0.2, -0.15) is 5.10 Å². The van der Waals surface area contributed by atoms with Crippen LogP contribution in [-0.2, 0) is 16.1 Å². The van der Waals surface area contributed by atoms with Gasteiger partial charge in [0.15, 0.2) is 18.0 Å². The third-order valence-corrected chi connectivity index (χ3v) is 4.80. The minimum atomic E-state index is -0.116. The Labute approximate surface area is 181 Å². The molecular formula is C22H27ClN3O4+. The quantitative estimate of drug-likeness (QED) is 0.467. The number of carbonyl (C=O) groups excluding carboxylic acids is 1. The summed E-state index contributed by atoms with van der Waals surface area (Å²) in [6.07, 6.45) is 1.59. The lowest BCUT2D eigenvalue weighted by Gasteiger charge is -2.22. The van der Waals surface area contributed by atoms with Gasteiger partial charge in [0.05, 0.1) is 26.0 Å². The van der Waals surface area contributed by atoms with E-state index in [1.807, 2.05) is 49.4 Å². The third-order valence-electron chi connectivity index (χ3n) is 4.56. The summed E-state index contributed by atoms with van der Waals surface area (Å²) in [5.74, 6) is 1.14. The predicted octanol–water partition coefficient (Wildman–Crippen LogP) is 1.68. The van der Waals surface area contributed by atoms with E-state index in [0.29, 0.717) is 49.5 Å². The first-order valence-corrected chi connectivity index (χ1v) is 10.4. The minimum absolute atomic E-state index is 0.116. The van der Waals surface area contributed by atoms with Gasteiger partial charge >= 0.3 is 0 Å². The standard InChI is InChI=1S/C22H26ClN3O4/c1-2-29-21-13-17(14-24-25-22(27)15-26-8-10-28-11-9-26)6-7-20(21)30-16-18-4-3-5-19(23)12-18/h3-7,12-14H,2,8-11,15-16H2,1H3,(H,25,27)/p+1/b24-14-. The van der Waals surface area contributed by atoms with Gasteiger partial charge in [-0.3, -0.25) is 4.79 Å². The summed E-state index contributed by atoms with van der Waals surface area (Å²) in [5, 5.41) is 4.73. The molecule has 3 rings (SSSR count). The number of carbonyl (C=O) groups is 1. The molecule has 0 unspecified atom stereocenters. The Morgan fingerprint density at radius 2 is 2.03 bits per heavy atom. The van der Waals surface area contributed by atoms with Crippen LogP contribution in [0.15, 0.2) is 47.6 Å². The Morgan fingerprint density at radius 3 is 2.80 bits per heavy atom. The zero-order valence-corrected chi connectivity index (χ0v) is 17.8. The van der Waals surface area contributed by atoms with Crippen molar-refractivity contribution in [3.05, 3.63) is 58.6 Å². The highest BCUT2D eigenvalue weighted by Gasteiger charge is 2.17. The molecule has 160 valence electrons. The zero-order valence-electron chi connectivity index (χ0n) is 17.0. The Bertz CT molecular complexity index is 869. The molecular weight excluding hydrogens is 406 g/mol. The van der Waals surface area contributed by atoms with Crippen molar-refractivity contribution in [1.29, 1.82) is 0 Å². The Kier molecular flexibility index (Phi) is 8.50. The average Bonchev–Trinajstić information content (AvgIpc) is 2.74. The van der Waals surface area contributed by atoms with Gasteiger partial charge in [0.1, 0.15) is 19.7 Å². The summed E-state index contributed by atoms with van der Waals surface area (Å²) in [6.45, 7) is 6.25. The first-order chi connectivity index (χ1) is 14.6. The number of ether oxygens (including phenoxy) is 3. The summed E-state index contributed by atoms with van der Waals surface area (Å²) >= 11 is 6.02. The van der Waals surface area contributed by atoms with Crippen molar-refractivity contribution in [3.63, 3.8) is 0 Å². The van der Waals surface area contributed by atoms with Crippen LogP contribution in [0.4, 0.5) is 0 Å². The molecule has 0 aromatic heterocycles. The van der Waals surface area contributed by atoms with Crippen molar-refractivity contribution in [3.8, 4) is 11.5 Å². The second-order valence-corrected chi connectivity index (χ2v) is 7.33. The highest BCUT2D eigenvalue weighted by atomic mass is 35.5. The molecule has 7 nitrogen and oxygen atoms in total. The molecule has 0 spiro atoms. The van der Waals surface area contributed by atoms with Gasteiger partial charge in [-0.25, -0.2) is 5.43 Å². The number of hydrazone groups is 1. The van der Waals surface area contributed by atoms with Gasteiger partial charge in [-0.1, -0.05) is 23.7 Å². The second kappa shape index (κ2) is 11.5. The number of rotatable bonds is 9. The van der Waals surface area contributed by atoms with Gasteiger partial charge in [0, 0.05) is 5.02 Å². The maximum atomic E-state index is 12.0. The van der Waals surface area contributed by atoms with Crippen LogP contribution < -0.4 is 19.8 Å². The molecule has 1 fully saturated rings. The number of morpholine rings is 1. The van der Waals surface area contributed by atoms with Crippen molar-refractivity contribution in [2.75, 3.05) is 39.5 Å². The molecule has 0 bridgehead atoms. The van der Waals surface area contributed by atoms with Gasteiger partial charge < -0.3 is 19.1 Å². The summed E-state index contributed by atoms with van der Waals surface area (Å²) < 4.78 is 16.9. The van der Waals surface area contributed by atoms with E-state index >= 15 is 0 Å². The molecule has 0 radical (unpaired) electrons. The number of amides is 1. The SMILES string of the molecule is CCOc1cc(/C=N\NC(=O)C[NH+]2CCOCC2)ccc1OCc1cccc(Cl)c1. The summed E-state index contributed by atoms with van der Waals surface area (Å²) in [5.41, 5.74) is 4.35. The minimum Gasteiger partial charge on any atom is -0.490 e. The van der Waals surface area contributed by atoms with Gasteiger partial charge in [-0.15, -0.1) is 0 Å². The number of nitrogens with one attached hydrogen (secondary N) is 2. The molecule has 0 saturated carbocycles. The molecule has 1 amide bonds. The van der Waals surface area contributed by atoms with Crippen LogP contribution in [0, 0.1) is 0 Å². The van der Waals surface area contributed by atoms with Crippen molar-refractivity contribution in [2.24, 2.45) is 5.10 Å². The fourth-order valence-corrected chi connectivity index (χ4v) is 3.28. The fraction of sp³-hybridized carbons (Fsp3) is 0.364. The molecule has 0 atom stereocenters. The number of quaternary nitrogens is 1. The topological polar surface area (TPSA) is 73.6 Å². The molecule has 30 heavy (non-hydrogen) atoms. The van der Waals surface area contributed by atoms with E-state index in [0.717, 1.165) is 24.2 Å². The fourth-order valence-electron chi connectivity index (χ4n) is 3.06. The number of hydrogen-bond donors (Lipinski definition) is 2. The monoisotopic (exact) mass is 432 g/mol. The molecule has 0 aliphatic carbocycles. The van der Waals surface area contributed by atoms with Crippen LogP contribution in [0.2, 0.25) is 5.02 Å². The van der Waals surface area contributed by atoms with Gasteiger partial charge in [0.25, 0.3) is 5.91 Å². The Hall–Kier alpha value is -2.61. The van der Waals surface area contributed by atoms with Crippen LogP contribution in [-0.4, -0.2) is 51.6 Å². The molecule has 1 aliphatic heterocycles. The maximum Gasteiger partial charge on any atom is 0.295 e. The van der Waals surface area contributed by atoms with Crippen LogP contribution in [0.5, 0.6) is 11.5 Å².